The third kappa shape index (κ3) is 9.87. The number of anilines is 1. The largest absolute Gasteiger partial charge is 0.491 e. The van der Waals surface area contributed by atoms with Crippen molar-refractivity contribution in [3.8, 4) is 22.9 Å². The predicted octanol–water partition coefficient (Wildman–Crippen LogP) is 7.13. The Hall–Kier alpha value is -4.67. The molecule has 3 saturated carbocycles. The van der Waals surface area contributed by atoms with E-state index in [0.29, 0.717) is 57.3 Å². The first kappa shape index (κ1) is 44.9. The van der Waals surface area contributed by atoms with Crippen LogP contribution in [0, 0.1) is 23.2 Å². The molecule has 4 heterocycles. The number of nitrogens with zero attached hydrogens (tertiary/aromatic N) is 4. The Morgan fingerprint density at radius 3 is 2.44 bits per heavy atom. The van der Waals surface area contributed by atoms with Crippen molar-refractivity contribution in [2.75, 3.05) is 38.1 Å². The molecule has 2 aliphatic heterocycles. The van der Waals surface area contributed by atoms with Gasteiger partial charge in [0.2, 0.25) is 11.8 Å². The number of carboxylic acid groups (broad SMARTS) is 1. The van der Waals surface area contributed by atoms with Crippen molar-refractivity contribution in [1.29, 1.82) is 0 Å². The van der Waals surface area contributed by atoms with E-state index in [9.17, 15) is 24.3 Å². The average Bonchev–Trinajstić information content (AvgIpc) is 3.91. The van der Waals surface area contributed by atoms with Crippen molar-refractivity contribution < 1.29 is 38.5 Å². The number of carboxylic acids is 1. The maximum Gasteiger partial charge on any atom is 0.408 e. The quantitative estimate of drug-likeness (QED) is 0.107. The number of hydrogen-bond donors (Lipinski definition) is 4. The molecule has 0 bridgehead atoms. The van der Waals surface area contributed by atoms with E-state index in [2.05, 4.69) is 27.4 Å². The number of carbonyl (C=O) groups excluding carboxylic acids is 3. The third-order valence-electron chi connectivity index (χ3n) is 13.2. The monoisotopic (exact) mass is 905 g/mol. The summed E-state index contributed by atoms with van der Waals surface area (Å²) in [6.45, 7) is 16.6. The van der Waals surface area contributed by atoms with E-state index in [1.807, 2.05) is 46.1 Å². The van der Waals surface area contributed by atoms with Crippen molar-refractivity contribution in [3.05, 3.63) is 41.3 Å². The van der Waals surface area contributed by atoms with Gasteiger partial charge in [0.25, 0.3) is 0 Å². The van der Waals surface area contributed by atoms with Crippen LogP contribution >= 0.6 is 22.9 Å². The van der Waals surface area contributed by atoms with Crippen LogP contribution in [0.1, 0.15) is 86.0 Å². The molecule has 0 spiro atoms. The van der Waals surface area contributed by atoms with Crippen LogP contribution in [0.2, 0.25) is 5.02 Å². The summed E-state index contributed by atoms with van der Waals surface area (Å²) in [7, 11) is 0. The van der Waals surface area contributed by atoms with Crippen LogP contribution in [0.3, 0.4) is 0 Å². The van der Waals surface area contributed by atoms with Crippen molar-refractivity contribution in [2.24, 2.45) is 23.2 Å². The summed E-state index contributed by atoms with van der Waals surface area (Å²) in [5.41, 5.74) is -0.784. The van der Waals surface area contributed by atoms with Crippen LogP contribution in [-0.2, 0) is 19.1 Å². The Labute approximate surface area is 377 Å². The smallest absolute Gasteiger partial charge is 0.408 e. The normalized spacial score (nSPS) is 27.1. The number of benzene rings is 1. The van der Waals surface area contributed by atoms with E-state index >= 15 is 0 Å². The van der Waals surface area contributed by atoms with E-state index in [4.69, 9.17) is 35.8 Å². The van der Waals surface area contributed by atoms with E-state index in [-0.39, 0.29) is 31.5 Å². The number of likely N-dealkylation sites (tertiary alicyclic amines) is 2. The van der Waals surface area contributed by atoms with Gasteiger partial charge in [-0.15, -0.1) is 17.9 Å². The molecule has 3 amide bonds. The van der Waals surface area contributed by atoms with Crippen LogP contribution < -0.4 is 25.4 Å². The van der Waals surface area contributed by atoms with Gasteiger partial charge in [0, 0.05) is 41.8 Å². The van der Waals surface area contributed by atoms with Gasteiger partial charge in [-0.05, 0) is 94.8 Å². The summed E-state index contributed by atoms with van der Waals surface area (Å²) in [5.74, 6) is -0.708. The molecule has 0 radical (unpaired) electrons. The number of alkyl carbamates (subject to hydrolysis) is 1. The number of rotatable bonds is 16. The van der Waals surface area contributed by atoms with Crippen LogP contribution in [0.15, 0.2) is 36.2 Å². The van der Waals surface area contributed by atoms with Gasteiger partial charge in [-0.2, -0.15) is 0 Å². The molecule has 1 aromatic carbocycles. The number of fused-ring (bicyclic) bond motifs is 2. The number of aromatic nitrogens is 2. The number of piperidine rings is 1. The Bertz CT molecular complexity index is 2230. The minimum Gasteiger partial charge on any atom is -0.491 e. The fourth-order valence-corrected chi connectivity index (χ4v) is 10.6. The number of hydrogen-bond acceptors (Lipinski definition) is 12. The van der Waals surface area contributed by atoms with Gasteiger partial charge < -0.3 is 40.2 Å². The predicted molar refractivity (Wildman–Crippen MR) is 241 cm³/mol. The standard InChI is InChI=1S/C46H60ClN7O8S/c1-7-28-22-46(28,42(57)58)52-40(55)34-20-30(23-54(34)41(56)39(45(4,5)6)51-44(59)62-29-18-26-17-27(26)19-29)61-36-21-32(33-24-63-43(50-33)48-25(2)3)49-38-31(36)11-12-35(37(38)47)60-16-15-53-13-9-8-10-14-53/h7,11-12,21,24-30,34,39H,1,8-10,13-20,22-23H2,2-6H3,(H,48,50)(H,51,59)(H,52,55)(H,57,58)/t26-,27+,28-,29+,30?,34+,39-,46?/m1/s1. The highest BCUT2D eigenvalue weighted by molar-refractivity contribution is 7.14. The molecule has 15 nitrogen and oxygen atoms in total. The van der Waals surface area contributed by atoms with Gasteiger partial charge in [-0.3, -0.25) is 14.5 Å². The minimum atomic E-state index is -1.53. The van der Waals surface area contributed by atoms with Crippen molar-refractivity contribution in [1.82, 2.24) is 30.4 Å². The first-order valence-corrected chi connectivity index (χ1v) is 23.6. The number of carbonyl (C=O) groups is 4. The molecule has 4 N–H and O–H groups in total. The van der Waals surface area contributed by atoms with Gasteiger partial charge in [0.05, 0.1) is 17.8 Å². The molecular weight excluding hydrogens is 846 g/mol. The molecule has 2 aromatic heterocycles. The van der Waals surface area contributed by atoms with E-state index < -0.39 is 58.9 Å². The number of ether oxygens (including phenoxy) is 3. The number of halogens is 1. The molecule has 3 aromatic rings. The lowest BCUT2D eigenvalue weighted by Gasteiger charge is -2.35. The lowest BCUT2D eigenvalue weighted by Crippen LogP contribution is -2.59. The summed E-state index contributed by atoms with van der Waals surface area (Å²) < 4.78 is 18.8. The second kappa shape index (κ2) is 18.1. The second-order valence-corrected chi connectivity index (χ2v) is 20.6. The van der Waals surface area contributed by atoms with Gasteiger partial charge in [-0.1, -0.05) is 44.9 Å². The maximum absolute atomic E-state index is 14.8. The number of aliphatic carboxylic acids is 1. The Balaban J connectivity index is 1.09. The van der Waals surface area contributed by atoms with Crippen LogP contribution in [-0.4, -0.2) is 117 Å². The topological polar surface area (TPSA) is 185 Å². The number of nitrogens with one attached hydrogen (secondary N) is 3. The third-order valence-corrected chi connectivity index (χ3v) is 14.3. The molecule has 3 aliphatic carbocycles. The maximum atomic E-state index is 14.8. The van der Waals surface area contributed by atoms with E-state index in [1.165, 1.54) is 48.0 Å². The van der Waals surface area contributed by atoms with E-state index in [0.717, 1.165) is 37.6 Å². The Morgan fingerprint density at radius 2 is 1.78 bits per heavy atom. The molecular formula is C46H60ClN7O8S. The first-order chi connectivity index (χ1) is 30.0. The van der Waals surface area contributed by atoms with Crippen LogP contribution in [0.25, 0.3) is 22.3 Å². The van der Waals surface area contributed by atoms with Crippen LogP contribution in [0.4, 0.5) is 9.93 Å². The van der Waals surface area contributed by atoms with Gasteiger partial charge >= 0.3 is 12.1 Å². The highest BCUT2D eigenvalue weighted by Gasteiger charge is 2.61. The molecule has 2 saturated heterocycles. The molecule has 5 aliphatic rings. The van der Waals surface area contributed by atoms with Gasteiger partial charge in [0.15, 0.2) is 5.13 Å². The summed E-state index contributed by atoms with van der Waals surface area (Å²) in [4.78, 5) is 68.5. The summed E-state index contributed by atoms with van der Waals surface area (Å²) in [6, 6.07) is 3.38. The number of pyridine rings is 1. The second-order valence-electron chi connectivity index (χ2n) is 19.4. The Kier molecular flexibility index (Phi) is 12.9. The lowest BCUT2D eigenvalue weighted by atomic mass is 9.85. The zero-order valence-corrected chi connectivity index (χ0v) is 38.4. The molecule has 8 rings (SSSR count). The highest BCUT2D eigenvalue weighted by atomic mass is 35.5. The summed E-state index contributed by atoms with van der Waals surface area (Å²) in [6.07, 6.45) is 6.51. The molecule has 340 valence electrons. The van der Waals surface area contributed by atoms with Gasteiger partial charge in [0.1, 0.15) is 58.7 Å². The van der Waals surface area contributed by atoms with Crippen LogP contribution in [0.5, 0.6) is 11.5 Å². The van der Waals surface area contributed by atoms with E-state index in [1.54, 1.807) is 12.1 Å². The van der Waals surface area contributed by atoms with Crippen molar-refractivity contribution in [3.63, 3.8) is 0 Å². The zero-order chi connectivity index (χ0) is 44.8. The first-order valence-electron chi connectivity index (χ1n) is 22.4. The molecule has 63 heavy (non-hydrogen) atoms. The minimum absolute atomic E-state index is 0.0297. The van der Waals surface area contributed by atoms with Crippen molar-refractivity contribution >= 4 is 62.8 Å². The molecule has 5 fully saturated rings. The number of thiazole rings is 1. The fraction of sp³-hybridized carbons (Fsp3) is 0.609. The Morgan fingerprint density at radius 1 is 1.03 bits per heavy atom. The fourth-order valence-electron chi connectivity index (χ4n) is 9.47. The SMILES string of the molecule is C=C[C@@H]1CC1(NC(=O)[C@@H]1CC(Oc2cc(-c3csc(NC(C)C)n3)nc3c(Cl)c(OCCN4CCCCC4)ccc23)CN1C(=O)[C@@H](NC(=O)O[C@@H]1C[C@@H]2C[C@@H]2C1)C(C)(C)C)C(=O)O. The average molecular weight is 907 g/mol. The lowest BCUT2D eigenvalue weighted by molar-refractivity contribution is -0.146. The molecule has 17 heteroatoms. The molecule has 2 unspecified atom stereocenters. The summed E-state index contributed by atoms with van der Waals surface area (Å²) in [5, 5.41) is 22.7. The highest BCUT2D eigenvalue weighted by Crippen LogP contribution is 2.52. The number of amides is 3. The van der Waals surface area contributed by atoms with Crippen molar-refractivity contribution in [2.45, 2.75) is 122 Å². The molecule has 8 atom stereocenters. The zero-order valence-electron chi connectivity index (χ0n) is 36.8. The summed E-state index contributed by atoms with van der Waals surface area (Å²) >= 11 is 8.57. The van der Waals surface area contributed by atoms with Gasteiger partial charge in [-0.25, -0.2) is 19.6 Å².